The second-order valence-electron chi connectivity index (χ2n) is 13.8. The van der Waals surface area contributed by atoms with Gasteiger partial charge in [0, 0.05) is 44.8 Å². The van der Waals surface area contributed by atoms with Crippen LogP contribution in [0.25, 0.3) is 0 Å². The van der Waals surface area contributed by atoms with Crippen LogP contribution < -0.4 is 5.32 Å². The number of fused-ring (bicyclic) bond motifs is 7. The first-order chi connectivity index (χ1) is 21.0. The molecule has 0 unspecified atom stereocenters. The highest BCUT2D eigenvalue weighted by atomic mass is 32.2. The van der Waals surface area contributed by atoms with Crippen molar-refractivity contribution in [2.75, 3.05) is 19.0 Å². The highest BCUT2D eigenvalue weighted by Gasteiger charge is 2.77. The van der Waals surface area contributed by atoms with E-state index in [0.717, 1.165) is 39.5 Å². The standard InChI is InChI=1S/C36H41NO6S/c1-33-16-15-24(39)17-22(33)7-14-27-28-18-31-36(30(41)20-38,34(28,2)19-29(40)32(27)33)43-35(3,42-31)21-5-10-25(11-6-21)44-26-12-8-23(37-4)9-13-26/h5-6,8-13,15-17,27-29,31-32,37-38,40H,7,14,18-20H2,1-4H3/t27-,28-,29-,31+,32+,33-,34-,35-,36+/m0/s1. The maximum atomic E-state index is 13.9. The SMILES string of the molecule is CNc1ccc(Sc2ccc([C@@]3(C)O[C@@H]4C[C@H]5[C@@H]6CCC7=CC(=O)C=C[C@]7(C)[C@H]6[C@@H](O)C[C@]5(C)[C@]4(C(=O)CO)O3)cc2)cc1. The van der Waals surface area contributed by atoms with Crippen LogP contribution in [0.2, 0.25) is 0 Å². The molecule has 8 heteroatoms. The number of benzene rings is 2. The normalized spacial score (nSPS) is 40.5. The molecule has 1 aliphatic heterocycles. The second kappa shape index (κ2) is 10.4. The summed E-state index contributed by atoms with van der Waals surface area (Å²) in [6.45, 7) is 5.41. The second-order valence-corrected chi connectivity index (χ2v) is 15.0. The van der Waals surface area contributed by atoms with E-state index in [4.69, 9.17) is 9.47 Å². The molecular formula is C36H41NO6S. The Kier molecular flexibility index (Phi) is 7.07. The monoisotopic (exact) mass is 615 g/mol. The molecule has 44 heavy (non-hydrogen) atoms. The fraction of sp³-hybridized carbons (Fsp3) is 0.500. The number of hydrogen-bond acceptors (Lipinski definition) is 8. The Balaban J connectivity index is 1.18. The lowest BCUT2D eigenvalue weighted by Gasteiger charge is -2.60. The van der Waals surface area contributed by atoms with E-state index in [-0.39, 0.29) is 29.3 Å². The van der Waals surface area contributed by atoms with Crippen LogP contribution in [0, 0.1) is 28.6 Å². The number of carbonyl (C=O) groups excluding carboxylic acids is 2. The van der Waals surface area contributed by atoms with Crippen molar-refractivity contribution in [3.05, 3.63) is 77.9 Å². The van der Waals surface area contributed by atoms with Crippen LogP contribution in [0.5, 0.6) is 0 Å². The van der Waals surface area contributed by atoms with Crippen LogP contribution >= 0.6 is 11.8 Å². The number of nitrogens with one attached hydrogen (secondary N) is 1. The van der Waals surface area contributed by atoms with Crippen molar-refractivity contribution in [2.45, 2.75) is 79.8 Å². The van der Waals surface area contributed by atoms with E-state index in [9.17, 15) is 19.8 Å². The molecule has 7 nitrogen and oxygen atoms in total. The van der Waals surface area contributed by atoms with Crippen molar-refractivity contribution in [1.82, 2.24) is 0 Å². The molecule has 0 amide bonds. The zero-order chi connectivity index (χ0) is 31.1. The van der Waals surface area contributed by atoms with E-state index in [1.807, 2.05) is 56.4 Å². The van der Waals surface area contributed by atoms with Crippen LogP contribution in [0.3, 0.4) is 0 Å². The van der Waals surface area contributed by atoms with Crippen LogP contribution in [0.1, 0.15) is 52.0 Å². The van der Waals surface area contributed by atoms with Gasteiger partial charge in [0.15, 0.2) is 23.0 Å². The minimum atomic E-state index is -1.38. The number of ketones is 2. The topological polar surface area (TPSA) is 105 Å². The Morgan fingerprint density at radius 1 is 1.07 bits per heavy atom. The molecule has 1 heterocycles. The molecular weight excluding hydrogens is 574 g/mol. The zero-order valence-electron chi connectivity index (χ0n) is 25.7. The number of anilines is 1. The van der Waals surface area contributed by atoms with Gasteiger partial charge in [0.25, 0.3) is 0 Å². The number of aliphatic hydroxyl groups excluding tert-OH is 2. The summed E-state index contributed by atoms with van der Waals surface area (Å²) in [5.74, 6) is -1.47. The van der Waals surface area contributed by atoms with Gasteiger partial charge in [0.1, 0.15) is 6.61 Å². The largest absolute Gasteiger partial charge is 0.393 e. The average molecular weight is 616 g/mol. The van der Waals surface area contributed by atoms with Gasteiger partial charge in [-0.15, -0.1) is 0 Å². The first kappa shape index (κ1) is 29.9. The van der Waals surface area contributed by atoms with Gasteiger partial charge in [-0.25, -0.2) is 0 Å². The molecule has 0 bridgehead atoms. The van der Waals surface area contributed by atoms with Crippen LogP contribution in [-0.2, 0) is 24.8 Å². The Morgan fingerprint density at radius 3 is 2.41 bits per heavy atom. The lowest BCUT2D eigenvalue weighted by molar-refractivity contribution is -0.237. The molecule has 4 fully saturated rings. The summed E-state index contributed by atoms with van der Waals surface area (Å²) in [4.78, 5) is 28.3. The van der Waals surface area contributed by atoms with Crippen molar-refractivity contribution in [3.63, 3.8) is 0 Å². The molecule has 3 saturated carbocycles. The van der Waals surface area contributed by atoms with Gasteiger partial charge in [-0.1, -0.05) is 49.4 Å². The zero-order valence-corrected chi connectivity index (χ0v) is 26.5. The van der Waals surface area contributed by atoms with E-state index in [1.165, 1.54) is 0 Å². The first-order valence-electron chi connectivity index (χ1n) is 15.7. The van der Waals surface area contributed by atoms with Gasteiger partial charge in [0.05, 0.1) is 12.2 Å². The van der Waals surface area contributed by atoms with E-state index in [1.54, 1.807) is 23.9 Å². The molecule has 0 radical (unpaired) electrons. The number of rotatable bonds is 6. The number of Topliss-reactive ketones (excluding diaryl/α,β-unsaturated/α-hetero) is 1. The van der Waals surface area contributed by atoms with Crippen LogP contribution in [0.4, 0.5) is 5.69 Å². The quantitative estimate of drug-likeness (QED) is 0.383. The van der Waals surface area contributed by atoms with E-state index >= 15 is 0 Å². The van der Waals surface area contributed by atoms with E-state index < -0.39 is 41.0 Å². The van der Waals surface area contributed by atoms with Gasteiger partial charge < -0.3 is 25.0 Å². The van der Waals surface area contributed by atoms with Crippen LogP contribution in [0.15, 0.2) is 82.1 Å². The van der Waals surface area contributed by atoms with Gasteiger partial charge in [-0.05, 0) is 93.0 Å². The predicted octanol–water partition coefficient (Wildman–Crippen LogP) is 5.66. The van der Waals surface area contributed by atoms with Crippen molar-refractivity contribution in [3.8, 4) is 0 Å². The molecule has 0 aromatic heterocycles. The van der Waals surface area contributed by atoms with Crippen molar-refractivity contribution < 1.29 is 29.3 Å². The number of ether oxygens (including phenoxy) is 2. The third-order valence-corrected chi connectivity index (χ3v) is 12.7. The third kappa shape index (κ3) is 4.18. The summed E-state index contributed by atoms with van der Waals surface area (Å²) >= 11 is 1.66. The van der Waals surface area contributed by atoms with Crippen molar-refractivity contribution in [1.29, 1.82) is 0 Å². The molecule has 2 aromatic rings. The maximum Gasteiger partial charge on any atom is 0.193 e. The summed E-state index contributed by atoms with van der Waals surface area (Å²) in [5, 5.41) is 25.3. The number of carbonyl (C=O) groups is 2. The Hall–Kier alpha value is -2.75. The van der Waals surface area contributed by atoms with Gasteiger partial charge in [-0.2, -0.15) is 0 Å². The minimum absolute atomic E-state index is 0.00449. The van der Waals surface area contributed by atoms with Gasteiger partial charge in [-0.3, -0.25) is 9.59 Å². The lowest BCUT2D eigenvalue weighted by atomic mass is 9.46. The molecule has 1 saturated heterocycles. The summed E-state index contributed by atoms with van der Waals surface area (Å²) in [6.07, 6.45) is 6.68. The average Bonchev–Trinajstić information content (AvgIpc) is 3.45. The van der Waals surface area contributed by atoms with Gasteiger partial charge >= 0.3 is 0 Å². The maximum absolute atomic E-state index is 13.9. The fourth-order valence-corrected chi connectivity index (χ4v) is 10.5. The van der Waals surface area contributed by atoms with Crippen molar-refractivity contribution >= 4 is 29.0 Å². The summed E-state index contributed by atoms with van der Waals surface area (Å²) in [7, 11) is 1.90. The smallest absolute Gasteiger partial charge is 0.193 e. The van der Waals surface area contributed by atoms with E-state index in [2.05, 4.69) is 31.3 Å². The number of allylic oxidation sites excluding steroid dienone is 4. The number of hydrogen-bond donors (Lipinski definition) is 3. The molecule has 9 atom stereocenters. The lowest BCUT2D eigenvalue weighted by Crippen LogP contribution is -2.63. The Morgan fingerprint density at radius 2 is 1.75 bits per heavy atom. The van der Waals surface area contributed by atoms with E-state index in [0.29, 0.717) is 12.8 Å². The minimum Gasteiger partial charge on any atom is -0.393 e. The first-order valence-corrected chi connectivity index (χ1v) is 16.5. The molecule has 4 aliphatic carbocycles. The predicted molar refractivity (Wildman–Crippen MR) is 168 cm³/mol. The Labute approximate surface area is 263 Å². The highest BCUT2D eigenvalue weighted by molar-refractivity contribution is 7.99. The fourth-order valence-electron chi connectivity index (χ4n) is 9.67. The number of aliphatic hydroxyl groups is 2. The molecule has 5 aliphatic rings. The van der Waals surface area contributed by atoms with Gasteiger partial charge in [0.2, 0.25) is 0 Å². The summed E-state index contributed by atoms with van der Waals surface area (Å²) < 4.78 is 13.7. The molecule has 2 aromatic carbocycles. The van der Waals surface area contributed by atoms with Crippen LogP contribution in [-0.4, -0.2) is 53.2 Å². The summed E-state index contributed by atoms with van der Waals surface area (Å²) in [5.41, 5.74) is 0.419. The molecule has 3 N–H and O–H groups in total. The highest BCUT2D eigenvalue weighted by Crippen LogP contribution is 2.71. The van der Waals surface area contributed by atoms with Crippen molar-refractivity contribution in [2.24, 2.45) is 28.6 Å². The molecule has 0 spiro atoms. The third-order valence-electron chi connectivity index (χ3n) is 11.7. The Bertz CT molecular complexity index is 1550. The summed E-state index contributed by atoms with van der Waals surface area (Å²) in [6, 6.07) is 16.3. The molecule has 7 rings (SSSR count). The molecule has 232 valence electrons.